The number of aryl methyl sites for hydroxylation is 2. The van der Waals surface area contributed by atoms with Crippen LogP contribution in [0.15, 0.2) is 47.4 Å². The largest absolute Gasteiger partial charge is 0.352 e. The Morgan fingerprint density at radius 2 is 1.84 bits per heavy atom. The van der Waals surface area contributed by atoms with Crippen molar-refractivity contribution in [1.29, 1.82) is 0 Å². The van der Waals surface area contributed by atoms with Crippen LogP contribution in [0.4, 0.5) is 0 Å². The van der Waals surface area contributed by atoms with Crippen LogP contribution in [0.3, 0.4) is 0 Å². The lowest BCUT2D eigenvalue weighted by Crippen LogP contribution is -2.30. The average Bonchev–Trinajstić information content (AvgIpc) is 2.54. The highest BCUT2D eigenvalue weighted by molar-refractivity contribution is 7.89. The number of halogens is 1. The van der Waals surface area contributed by atoms with Crippen molar-refractivity contribution in [2.45, 2.75) is 31.7 Å². The number of hydrogen-bond acceptors (Lipinski definition) is 3. The van der Waals surface area contributed by atoms with Crippen LogP contribution in [0.5, 0.6) is 0 Å². The monoisotopic (exact) mass is 380 g/mol. The van der Waals surface area contributed by atoms with E-state index in [1.165, 1.54) is 17.7 Å². The molecule has 0 bridgehead atoms. The van der Waals surface area contributed by atoms with Gasteiger partial charge in [0, 0.05) is 19.5 Å². The Morgan fingerprint density at radius 3 is 2.52 bits per heavy atom. The second kappa shape index (κ2) is 8.47. The highest BCUT2D eigenvalue weighted by Gasteiger charge is 2.17. The molecule has 0 saturated heterocycles. The molecule has 2 rings (SSSR count). The van der Waals surface area contributed by atoms with E-state index in [2.05, 4.69) is 16.1 Å². The molecule has 0 aromatic heterocycles. The summed E-state index contributed by atoms with van der Waals surface area (Å²) < 4.78 is 26.7. The van der Waals surface area contributed by atoms with E-state index in [-0.39, 0.29) is 28.8 Å². The molecular weight excluding hydrogens is 360 g/mol. The van der Waals surface area contributed by atoms with E-state index in [9.17, 15) is 13.2 Å². The fourth-order valence-corrected chi connectivity index (χ4v) is 3.91. The maximum absolute atomic E-state index is 12.2. The van der Waals surface area contributed by atoms with Gasteiger partial charge in [0.15, 0.2) is 0 Å². The summed E-state index contributed by atoms with van der Waals surface area (Å²) in [6.45, 7) is 4.43. The molecule has 0 radical (unpaired) electrons. The zero-order chi connectivity index (χ0) is 18.4. The second-order valence-electron chi connectivity index (χ2n) is 5.78. The zero-order valence-electron chi connectivity index (χ0n) is 14.2. The Labute approximate surface area is 153 Å². The van der Waals surface area contributed by atoms with Gasteiger partial charge in [-0.05, 0) is 37.1 Å². The van der Waals surface area contributed by atoms with Gasteiger partial charge in [0.1, 0.15) is 4.90 Å². The SMILES string of the molecule is Cc1ccc(CNC(=O)CCNS(=O)(=O)c2ccccc2Cl)c(C)c1. The van der Waals surface area contributed by atoms with Crippen LogP contribution in [-0.2, 0) is 21.4 Å². The third-order valence-corrected chi connectivity index (χ3v) is 5.71. The lowest BCUT2D eigenvalue weighted by Gasteiger charge is -2.10. The fourth-order valence-electron chi connectivity index (χ4n) is 2.37. The van der Waals surface area contributed by atoms with Gasteiger partial charge >= 0.3 is 0 Å². The van der Waals surface area contributed by atoms with Gasteiger partial charge in [0.2, 0.25) is 15.9 Å². The molecule has 134 valence electrons. The molecule has 0 heterocycles. The Bertz CT molecular complexity index is 866. The van der Waals surface area contributed by atoms with Crippen molar-refractivity contribution < 1.29 is 13.2 Å². The first-order chi connectivity index (χ1) is 11.8. The summed E-state index contributed by atoms with van der Waals surface area (Å²) in [6, 6.07) is 12.2. The molecule has 2 aromatic carbocycles. The maximum atomic E-state index is 12.2. The van der Waals surface area contributed by atoms with Gasteiger partial charge in [-0.15, -0.1) is 0 Å². The average molecular weight is 381 g/mol. The van der Waals surface area contributed by atoms with Gasteiger partial charge in [-0.25, -0.2) is 13.1 Å². The Balaban J connectivity index is 1.83. The smallest absolute Gasteiger partial charge is 0.242 e. The molecule has 0 aliphatic heterocycles. The molecule has 0 aliphatic carbocycles. The minimum Gasteiger partial charge on any atom is -0.352 e. The molecule has 0 aliphatic rings. The Kier molecular flexibility index (Phi) is 6.58. The van der Waals surface area contributed by atoms with Crippen LogP contribution in [0.25, 0.3) is 0 Å². The Hall–Kier alpha value is -1.89. The molecule has 0 fully saturated rings. The molecule has 7 heteroatoms. The normalized spacial score (nSPS) is 11.3. The number of sulfonamides is 1. The van der Waals surface area contributed by atoms with Gasteiger partial charge in [0.25, 0.3) is 0 Å². The van der Waals surface area contributed by atoms with Gasteiger partial charge in [-0.1, -0.05) is 47.5 Å². The summed E-state index contributed by atoms with van der Waals surface area (Å²) in [5, 5.41) is 2.94. The molecule has 25 heavy (non-hydrogen) atoms. The number of carbonyl (C=O) groups excluding carboxylic acids is 1. The summed E-state index contributed by atoms with van der Waals surface area (Å²) in [5.41, 5.74) is 3.32. The van der Waals surface area contributed by atoms with Gasteiger partial charge in [0.05, 0.1) is 5.02 Å². The number of rotatable bonds is 7. The maximum Gasteiger partial charge on any atom is 0.242 e. The van der Waals surface area contributed by atoms with Crippen molar-refractivity contribution in [1.82, 2.24) is 10.0 Å². The third-order valence-electron chi connectivity index (χ3n) is 3.74. The minimum absolute atomic E-state index is 0.00622. The van der Waals surface area contributed by atoms with Crippen LogP contribution >= 0.6 is 11.6 Å². The number of nitrogens with one attached hydrogen (secondary N) is 2. The van der Waals surface area contributed by atoms with E-state index in [1.807, 2.05) is 26.0 Å². The topological polar surface area (TPSA) is 75.3 Å². The highest BCUT2D eigenvalue weighted by Crippen LogP contribution is 2.19. The predicted molar refractivity (Wildman–Crippen MR) is 99.0 cm³/mol. The van der Waals surface area contributed by atoms with Crippen molar-refractivity contribution in [2.24, 2.45) is 0 Å². The lowest BCUT2D eigenvalue weighted by atomic mass is 10.1. The molecule has 0 unspecified atom stereocenters. The van der Waals surface area contributed by atoms with Crippen LogP contribution in [-0.4, -0.2) is 20.9 Å². The molecule has 0 saturated carbocycles. The lowest BCUT2D eigenvalue weighted by molar-refractivity contribution is -0.121. The van der Waals surface area contributed by atoms with Crippen molar-refractivity contribution in [3.05, 3.63) is 64.2 Å². The molecule has 5 nitrogen and oxygen atoms in total. The van der Waals surface area contributed by atoms with Crippen LogP contribution in [0, 0.1) is 13.8 Å². The summed E-state index contributed by atoms with van der Waals surface area (Å²) in [5.74, 6) is -0.221. The first-order valence-electron chi connectivity index (χ1n) is 7.86. The van der Waals surface area contributed by atoms with Crippen molar-refractivity contribution in [3.8, 4) is 0 Å². The quantitative estimate of drug-likeness (QED) is 0.775. The van der Waals surface area contributed by atoms with E-state index in [0.29, 0.717) is 6.54 Å². The molecule has 1 amide bonds. The number of benzene rings is 2. The standard InChI is InChI=1S/C18H21ClN2O3S/c1-13-7-8-15(14(2)11-13)12-20-18(22)9-10-21-25(23,24)17-6-4-3-5-16(17)19/h3-8,11,21H,9-10,12H2,1-2H3,(H,20,22). The van der Waals surface area contributed by atoms with E-state index < -0.39 is 10.0 Å². The van der Waals surface area contributed by atoms with Crippen molar-refractivity contribution in [2.75, 3.05) is 6.54 Å². The fraction of sp³-hybridized carbons (Fsp3) is 0.278. The van der Waals surface area contributed by atoms with E-state index >= 15 is 0 Å². The first kappa shape index (κ1) is 19.4. The summed E-state index contributed by atoms with van der Waals surface area (Å²) in [7, 11) is -3.73. The predicted octanol–water partition coefficient (Wildman–Crippen LogP) is 2.94. The number of amides is 1. The summed E-state index contributed by atoms with van der Waals surface area (Å²) in [4.78, 5) is 11.9. The van der Waals surface area contributed by atoms with Crippen LogP contribution in [0.1, 0.15) is 23.1 Å². The van der Waals surface area contributed by atoms with E-state index in [4.69, 9.17) is 11.6 Å². The van der Waals surface area contributed by atoms with Crippen molar-refractivity contribution in [3.63, 3.8) is 0 Å². The third kappa shape index (κ3) is 5.56. The van der Waals surface area contributed by atoms with Gasteiger partial charge in [-0.2, -0.15) is 0 Å². The molecule has 0 atom stereocenters. The molecule has 0 spiro atoms. The van der Waals surface area contributed by atoms with Crippen molar-refractivity contribution >= 4 is 27.5 Å². The van der Waals surface area contributed by atoms with Crippen LogP contribution < -0.4 is 10.0 Å². The van der Waals surface area contributed by atoms with E-state index in [0.717, 1.165) is 11.1 Å². The molecule has 2 N–H and O–H groups in total. The minimum atomic E-state index is -3.73. The van der Waals surface area contributed by atoms with Gasteiger partial charge < -0.3 is 5.32 Å². The van der Waals surface area contributed by atoms with Crippen LogP contribution in [0.2, 0.25) is 5.02 Å². The molecular formula is C18H21ClN2O3S. The van der Waals surface area contributed by atoms with Gasteiger partial charge in [-0.3, -0.25) is 4.79 Å². The first-order valence-corrected chi connectivity index (χ1v) is 9.73. The number of hydrogen-bond donors (Lipinski definition) is 2. The summed E-state index contributed by atoms with van der Waals surface area (Å²) >= 11 is 5.90. The zero-order valence-corrected chi connectivity index (χ0v) is 15.7. The van der Waals surface area contributed by atoms with E-state index in [1.54, 1.807) is 12.1 Å². The summed E-state index contributed by atoms with van der Waals surface area (Å²) in [6.07, 6.45) is 0.0502. The Morgan fingerprint density at radius 1 is 1.12 bits per heavy atom. The molecule has 2 aromatic rings. The number of carbonyl (C=O) groups is 1. The second-order valence-corrected chi connectivity index (χ2v) is 7.93. The highest BCUT2D eigenvalue weighted by atomic mass is 35.5.